The zero-order chi connectivity index (χ0) is 20.1. The Hall–Kier alpha value is -3.21. The fraction of sp³-hybridized carbons (Fsp3) is 0.292. The fourth-order valence-corrected chi connectivity index (χ4v) is 3.76. The van der Waals surface area contributed by atoms with Gasteiger partial charge >= 0.3 is 0 Å². The molecule has 1 aromatic heterocycles. The minimum absolute atomic E-state index is 0.0608. The highest BCUT2D eigenvalue weighted by Gasteiger charge is 2.25. The van der Waals surface area contributed by atoms with Crippen LogP contribution in [0, 0.1) is 12.8 Å². The maximum Gasteiger partial charge on any atom is 0.223 e. The summed E-state index contributed by atoms with van der Waals surface area (Å²) in [5.74, 6) is 1.88. The van der Waals surface area contributed by atoms with Crippen molar-refractivity contribution in [2.45, 2.75) is 26.3 Å². The predicted molar refractivity (Wildman–Crippen MR) is 115 cm³/mol. The number of rotatable bonds is 5. The monoisotopic (exact) mass is 386 g/mol. The molecule has 4 rings (SSSR count). The van der Waals surface area contributed by atoms with Gasteiger partial charge < -0.3 is 10.2 Å². The van der Waals surface area contributed by atoms with Gasteiger partial charge in [0.2, 0.25) is 5.91 Å². The van der Waals surface area contributed by atoms with E-state index in [9.17, 15) is 4.79 Å². The van der Waals surface area contributed by atoms with Crippen molar-refractivity contribution in [3.8, 4) is 11.4 Å². The van der Waals surface area contributed by atoms with E-state index in [0.717, 1.165) is 43.1 Å². The molecule has 2 heterocycles. The number of amides is 1. The Labute approximate surface area is 171 Å². The van der Waals surface area contributed by atoms with Gasteiger partial charge in [0, 0.05) is 37.3 Å². The van der Waals surface area contributed by atoms with E-state index in [1.165, 1.54) is 11.1 Å². The first-order valence-corrected chi connectivity index (χ1v) is 10.2. The molecule has 1 saturated heterocycles. The minimum Gasteiger partial charge on any atom is -0.356 e. The van der Waals surface area contributed by atoms with Crippen LogP contribution in [0.1, 0.15) is 24.0 Å². The molecule has 1 aliphatic heterocycles. The zero-order valence-electron chi connectivity index (χ0n) is 16.7. The largest absolute Gasteiger partial charge is 0.356 e. The molecule has 0 spiro atoms. The molecule has 29 heavy (non-hydrogen) atoms. The van der Waals surface area contributed by atoms with Crippen molar-refractivity contribution >= 4 is 11.7 Å². The molecule has 2 aromatic carbocycles. The number of anilines is 1. The van der Waals surface area contributed by atoms with Crippen molar-refractivity contribution in [1.82, 2.24) is 15.3 Å². The molecular weight excluding hydrogens is 360 g/mol. The summed E-state index contributed by atoms with van der Waals surface area (Å²) in [6, 6.07) is 20.1. The summed E-state index contributed by atoms with van der Waals surface area (Å²) in [6.45, 7) is 4.32. The van der Waals surface area contributed by atoms with E-state index in [2.05, 4.69) is 34.3 Å². The van der Waals surface area contributed by atoms with Gasteiger partial charge in [0.1, 0.15) is 5.82 Å². The maximum absolute atomic E-state index is 12.6. The fourth-order valence-electron chi connectivity index (χ4n) is 3.76. The molecule has 0 radical (unpaired) electrons. The highest BCUT2D eigenvalue weighted by Crippen LogP contribution is 2.24. The molecule has 1 fully saturated rings. The Balaban J connectivity index is 1.34. The third-order valence-corrected chi connectivity index (χ3v) is 5.58. The van der Waals surface area contributed by atoms with E-state index in [1.807, 2.05) is 54.7 Å². The summed E-state index contributed by atoms with van der Waals surface area (Å²) in [5, 5.41) is 3.11. The van der Waals surface area contributed by atoms with E-state index >= 15 is 0 Å². The van der Waals surface area contributed by atoms with Crippen LogP contribution >= 0.6 is 0 Å². The van der Waals surface area contributed by atoms with Gasteiger partial charge in [-0.1, -0.05) is 54.6 Å². The predicted octanol–water partition coefficient (Wildman–Crippen LogP) is 3.98. The van der Waals surface area contributed by atoms with Gasteiger partial charge in [-0.2, -0.15) is 0 Å². The van der Waals surface area contributed by atoms with Crippen molar-refractivity contribution in [3.63, 3.8) is 0 Å². The van der Waals surface area contributed by atoms with E-state index in [-0.39, 0.29) is 11.8 Å². The summed E-state index contributed by atoms with van der Waals surface area (Å²) < 4.78 is 0. The van der Waals surface area contributed by atoms with Crippen LogP contribution in [0.15, 0.2) is 66.9 Å². The molecule has 5 heteroatoms. The molecule has 0 bridgehead atoms. The second-order valence-electron chi connectivity index (χ2n) is 7.51. The van der Waals surface area contributed by atoms with Crippen LogP contribution in [-0.2, 0) is 11.3 Å². The molecule has 1 amide bonds. The number of carbonyl (C=O) groups excluding carboxylic acids is 1. The number of aryl methyl sites for hydroxylation is 1. The molecule has 0 unspecified atom stereocenters. The molecule has 5 nitrogen and oxygen atoms in total. The number of benzene rings is 2. The van der Waals surface area contributed by atoms with Crippen LogP contribution in [0.25, 0.3) is 11.4 Å². The quantitative estimate of drug-likeness (QED) is 0.720. The Bertz CT molecular complexity index is 965. The van der Waals surface area contributed by atoms with Crippen LogP contribution in [-0.4, -0.2) is 29.0 Å². The third kappa shape index (κ3) is 4.62. The second kappa shape index (κ2) is 8.86. The number of nitrogens with zero attached hydrogens (tertiary/aromatic N) is 3. The highest BCUT2D eigenvalue weighted by molar-refractivity contribution is 5.79. The molecule has 0 saturated carbocycles. The van der Waals surface area contributed by atoms with Gasteiger partial charge in [0.05, 0.1) is 0 Å². The lowest BCUT2D eigenvalue weighted by molar-refractivity contribution is -0.125. The average Bonchev–Trinajstić information content (AvgIpc) is 2.79. The Kier molecular flexibility index (Phi) is 5.84. The summed E-state index contributed by atoms with van der Waals surface area (Å²) >= 11 is 0. The number of carbonyl (C=O) groups is 1. The van der Waals surface area contributed by atoms with Crippen molar-refractivity contribution in [3.05, 3.63) is 78.0 Å². The van der Waals surface area contributed by atoms with Crippen molar-refractivity contribution in [2.24, 2.45) is 5.92 Å². The van der Waals surface area contributed by atoms with Crippen LogP contribution in [0.2, 0.25) is 0 Å². The van der Waals surface area contributed by atoms with E-state index in [4.69, 9.17) is 4.98 Å². The molecule has 1 N–H and O–H groups in total. The SMILES string of the molecule is Cc1ccccc1CNC(=O)C1CCN(c2ccnc(-c3ccccc3)n2)CC1. The first-order chi connectivity index (χ1) is 14.2. The van der Waals surface area contributed by atoms with Crippen LogP contribution < -0.4 is 10.2 Å². The van der Waals surface area contributed by atoms with Crippen LogP contribution in [0.5, 0.6) is 0 Å². The lowest BCUT2D eigenvalue weighted by Gasteiger charge is -2.32. The van der Waals surface area contributed by atoms with Gasteiger partial charge in [-0.25, -0.2) is 9.97 Å². The van der Waals surface area contributed by atoms with E-state index < -0.39 is 0 Å². The number of piperidine rings is 1. The van der Waals surface area contributed by atoms with Crippen LogP contribution in [0.3, 0.4) is 0 Å². The molecule has 1 aliphatic rings. The summed E-state index contributed by atoms with van der Waals surface area (Å²) in [4.78, 5) is 24.0. The van der Waals surface area contributed by atoms with Gasteiger partial charge in [0.25, 0.3) is 0 Å². The van der Waals surface area contributed by atoms with Gasteiger partial charge in [0.15, 0.2) is 5.82 Å². The normalized spacial score (nSPS) is 14.6. The lowest BCUT2D eigenvalue weighted by atomic mass is 9.95. The first kappa shape index (κ1) is 19.1. The Morgan fingerprint density at radius 1 is 1.03 bits per heavy atom. The van der Waals surface area contributed by atoms with Gasteiger partial charge in [-0.3, -0.25) is 4.79 Å². The van der Waals surface area contributed by atoms with Crippen molar-refractivity contribution in [1.29, 1.82) is 0 Å². The Morgan fingerprint density at radius 3 is 2.52 bits per heavy atom. The number of hydrogen-bond acceptors (Lipinski definition) is 4. The van der Waals surface area contributed by atoms with E-state index in [1.54, 1.807) is 0 Å². The highest BCUT2D eigenvalue weighted by atomic mass is 16.1. The van der Waals surface area contributed by atoms with Gasteiger partial charge in [-0.05, 0) is 37.0 Å². The first-order valence-electron chi connectivity index (χ1n) is 10.2. The maximum atomic E-state index is 12.6. The zero-order valence-corrected chi connectivity index (χ0v) is 16.7. The molecule has 3 aromatic rings. The number of hydrogen-bond donors (Lipinski definition) is 1. The lowest BCUT2D eigenvalue weighted by Crippen LogP contribution is -2.40. The topological polar surface area (TPSA) is 58.1 Å². The second-order valence-corrected chi connectivity index (χ2v) is 7.51. The average molecular weight is 386 g/mol. The Morgan fingerprint density at radius 2 is 1.76 bits per heavy atom. The van der Waals surface area contributed by atoms with E-state index in [0.29, 0.717) is 6.54 Å². The molecular formula is C24H26N4O. The minimum atomic E-state index is 0.0608. The molecule has 148 valence electrons. The number of nitrogens with one attached hydrogen (secondary N) is 1. The molecule has 0 atom stereocenters. The molecule has 0 aliphatic carbocycles. The van der Waals surface area contributed by atoms with Crippen molar-refractivity contribution < 1.29 is 4.79 Å². The summed E-state index contributed by atoms with van der Waals surface area (Å²) in [7, 11) is 0. The summed E-state index contributed by atoms with van der Waals surface area (Å²) in [6.07, 6.45) is 3.49. The smallest absolute Gasteiger partial charge is 0.223 e. The van der Waals surface area contributed by atoms with Gasteiger partial charge in [-0.15, -0.1) is 0 Å². The van der Waals surface area contributed by atoms with Crippen molar-refractivity contribution in [2.75, 3.05) is 18.0 Å². The van der Waals surface area contributed by atoms with Crippen LogP contribution in [0.4, 0.5) is 5.82 Å². The third-order valence-electron chi connectivity index (χ3n) is 5.58. The standard InChI is InChI=1S/C24H26N4O/c1-18-7-5-6-10-21(18)17-26-24(29)20-12-15-28(16-13-20)22-11-14-25-23(27-22)19-8-3-2-4-9-19/h2-11,14,20H,12-13,15-17H2,1H3,(H,26,29). The summed E-state index contributed by atoms with van der Waals surface area (Å²) in [5.41, 5.74) is 3.40. The number of aromatic nitrogens is 2.